The van der Waals surface area contributed by atoms with E-state index in [9.17, 15) is 0 Å². The lowest BCUT2D eigenvalue weighted by Crippen LogP contribution is -2.46. The van der Waals surface area contributed by atoms with Crippen LogP contribution in [-0.2, 0) is 4.74 Å². The van der Waals surface area contributed by atoms with Crippen molar-refractivity contribution in [2.45, 2.75) is 18.6 Å². The molecule has 2 N–H and O–H groups in total. The minimum Gasteiger partial charge on any atom is -0.486 e. The van der Waals surface area contributed by atoms with Gasteiger partial charge in [0, 0.05) is 17.7 Å². The van der Waals surface area contributed by atoms with E-state index in [0.717, 1.165) is 18.8 Å². The Morgan fingerprint density at radius 2 is 2.07 bits per heavy atom. The lowest BCUT2D eigenvalue weighted by Gasteiger charge is -2.29. The number of rotatable bonds is 2. The van der Waals surface area contributed by atoms with Gasteiger partial charge in [0.05, 0.1) is 6.61 Å². The van der Waals surface area contributed by atoms with Gasteiger partial charge in [-0.15, -0.1) is 0 Å². The molecular weight excluding hydrogens is 214 g/mol. The second-order valence-corrected chi connectivity index (χ2v) is 4.07. The zero-order valence-electron chi connectivity index (χ0n) is 8.36. The first-order chi connectivity index (χ1) is 7.25. The molecule has 1 fully saturated rings. The predicted octanol–water partition coefficient (Wildman–Crippen LogP) is 1.83. The second kappa shape index (κ2) is 4.84. The highest BCUT2D eigenvalue weighted by Crippen LogP contribution is 2.19. The third kappa shape index (κ3) is 2.84. The van der Waals surface area contributed by atoms with E-state index >= 15 is 0 Å². The molecule has 1 aliphatic heterocycles. The van der Waals surface area contributed by atoms with Crippen molar-refractivity contribution in [2.75, 3.05) is 13.2 Å². The van der Waals surface area contributed by atoms with Gasteiger partial charge in [0.1, 0.15) is 11.9 Å². The fraction of sp³-hybridized carbons (Fsp3) is 0.455. The van der Waals surface area contributed by atoms with Crippen molar-refractivity contribution in [1.29, 1.82) is 0 Å². The molecular formula is C11H14ClNO2. The standard InChI is InChI=1S/C11H14ClNO2/c12-8-1-3-9(4-2-8)15-11-7-14-6-5-10(11)13/h1-4,10-11H,5-7,13H2. The van der Waals surface area contributed by atoms with Crippen LogP contribution in [0.5, 0.6) is 5.75 Å². The summed E-state index contributed by atoms with van der Waals surface area (Å²) in [4.78, 5) is 0. The fourth-order valence-electron chi connectivity index (χ4n) is 1.54. The van der Waals surface area contributed by atoms with Crippen molar-refractivity contribution in [3.63, 3.8) is 0 Å². The molecule has 0 aromatic heterocycles. The minimum absolute atomic E-state index is 0.0504. The summed E-state index contributed by atoms with van der Waals surface area (Å²) in [5.41, 5.74) is 5.93. The summed E-state index contributed by atoms with van der Waals surface area (Å²) in [7, 11) is 0. The summed E-state index contributed by atoms with van der Waals surface area (Å²) >= 11 is 5.78. The Kier molecular flexibility index (Phi) is 3.46. The number of hydrogen-bond acceptors (Lipinski definition) is 3. The van der Waals surface area contributed by atoms with Crippen LogP contribution in [0.2, 0.25) is 5.02 Å². The summed E-state index contributed by atoms with van der Waals surface area (Å²) in [6.07, 6.45) is 0.790. The van der Waals surface area contributed by atoms with Crippen molar-refractivity contribution < 1.29 is 9.47 Å². The molecule has 0 amide bonds. The van der Waals surface area contributed by atoms with E-state index in [-0.39, 0.29) is 12.1 Å². The normalized spacial score (nSPS) is 26.3. The summed E-state index contributed by atoms with van der Waals surface area (Å²) in [6, 6.07) is 7.32. The number of nitrogens with two attached hydrogens (primary N) is 1. The molecule has 1 aromatic carbocycles. The van der Waals surface area contributed by atoms with Gasteiger partial charge in [-0.1, -0.05) is 11.6 Å². The van der Waals surface area contributed by atoms with E-state index in [2.05, 4.69) is 0 Å². The molecule has 2 unspecified atom stereocenters. The molecule has 0 radical (unpaired) electrons. The topological polar surface area (TPSA) is 44.5 Å². The van der Waals surface area contributed by atoms with Gasteiger partial charge in [0.2, 0.25) is 0 Å². The van der Waals surface area contributed by atoms with Gasteiger partial charge in [0.25, 0.3) is 0 Å². The summed E-state index contributed by atoms with van der Waals surface area (Å²) < 4.78 is 11.0. The minimum atomic E-state index is -0.0556. The third-order valence-corrected chi connectivity index (χ3v) is 2.71. The molecule has 2 atom stereocenters. The molecule has 1 aliphatic rings. The Morgan fingerprint density at radius 1 is 1.33 bits per heavy atom. The van der Waals surface area contributed by atoms with Crippen LogP contribution in [0.25, 0.3) is 0 Å². The van der Waals surface area contributed by atoms with Crippen LogP contribution in [-0.4, -0.2) is 25.4 Å². The molecule has 2 rings (SSSR count). The van der Waals surface area contributed by atoms with Crippen LogP contribution in [0.4, 0.5) is 0 Å². The molecule has 1 aromatic rings. The van der Waals surface area contributed by atoms with E-state index in [1.165, 1.54) is 0 Å². The third-order valence-electron chi connectivity index (χ3n) is 2.46. The maximum Gasteiger partial charge on any atom is 0.137 e. The Labute approximate surface area is 94.1 Å². The largest absolute Gasteiger partial charge is 0.486 e. The Hall–Kier alpha value is -0.770. The van der Waals surface area contributed by atoms with Gasteiger partial charge in [-0.25, -0.2) is 0 Å². The van der Waals surface area contributed by atoms with Crippen molar-refractivity contribution in [2.24, 2.45) is 5.73 Å². The SMILES string of the molecule is NC1CCOCC1Oc1ccc(Cl)cc1. The van der Waals surface area contributed by atoms with Gasteiger partial charge in [-0.05, 0) is 30.7 Å². The molecule has 3 nitrogen and oxygen atoms in total. The van der Waals surface area contributed by atoms with E-state index < -0.39 is 0 Å². The lowest BCUT2D eigenvalue weighted by atomic mass is 10.1. The molecule has 15 heavy (non-hydrogen) atoms. The molecule has 82 valence electrons. The zero-order valence-corrected chi connectivity index (χ0v) is 9.11. The number of hydrogen-bond donors (Lipinski definition) is 1. The maximum absolute atomic E-state index is 5.93. The molecule has 1 heterocycles. The van der Waals surface area contributed by atoms with Crippen LogP contribution in [0, 0.1) is 0 Å². The summed E-state index contributed by atoms with van der Waals surface area (Å²) in [5.74, 6) is 0.783. The summed E-state index contributed by atoms with van der Waals surface area (Å²) in [6.45, 7) is 1.28. The van der Waals surface area contributed by atoms with Crippen LogP contribution in [0.3, 0.4) is 0 Å². The van der Waals surface area contributed by atoms with Crippen molar-refractivity contribution in [3.05, 3.63) is 29.3 Å². The highest BCUT2D eigenvalue weighted by atomic mass is 35.5. The first kappa shape index (κ1) is 10.7. The number of ether oxygens (including phenoxy) is 2. The fourth-order valence-corrected chi connectivity index (χ4v) is 1.66. The maximum atomic E-state index is 5.93. The Morgan fingerprint density at radius 3 is 2.73 bits per heavy atom. The van der Waals surface area contributed by atoms with Gasteiger partial charge >= 0.3 is 0 Å². The van der Waals surface area contributed by atoms with Crippen LogP contribution in [0.15, 0.2) is 24.3 Å². The van der Waals surface area contributed by atoms with Crippen LogP contribution >= 0.6 is 11.6 Å². The van der Waals surface area contributed by atoms with E-state index in [0.29, 0.717) is 11.6 Å². The molecule has 0 bridgehead atoms. The zero-order chi connectivity index (χ0) is 10.7. The quantitative estimate of drug-likeness (QED) is 0.839. The molecule has 0 saturated carbocycles. The van der Waals surface area contributed by atoms with Gasteiger partial charge in [0.15, 0.2) is 0 Å². The Bertz CT molecular complexity index is 315. The van der Waals surface area contributed by atoms with E-state index in [4.69, 9.17) is 26.8 Å². The van der Waals surface area contributed by atoms with E-state index in [1.807, 2.05) is 12.1 Å². The summed E-state index contributed by atoms with van der Waals surface area (Å²) in [5, 5.41) is 0.701. The monoisotopic (exact) mass is 227 g/mol. The first-order valence-corrected chi connectivity index (χ1v) is 5.39. The van der Waals surface area contributed by atoms with Gasteiger partial charge in [-0.2, -0.15) is 0 Å². The molecule has 0 spiro atoms. The highest BCUT2D eigenvalue weighted by Gasteiger charge is 2.23. The number of benzene rings is 1. The lowest BCUT2D eigenvalue weighted by molar-refractivity contribution is -0.00531. The predicted molar refractivity (Wildman–Crippen MR) is 59.3 cm³/mol. The van der Waals surface area contributed by atoms with Gasteiger partial charge < -0.3 is 15.2 Å². The molecule has 1 saturated heterocycles. The average Bonchev–Trinajstić information content (AvgIpc) is 2.25. The first-order valence-electron chi connectivity index (χ1n) is 5.01. The number of halogens is 1. The van der Waals surface area contributed by atoms with Crippen LogP contribution in [0.1, 0.15) is 6.42 Å². The highest BCUT2D eigenvalue weighted by molar-refractivity contribution is 6.30. The van der Waals surface area contributed by atoms with Crippen molar-refractivity contribution in [3.8, 4) is 5.75 Å². The van der Waals surface area contributed by atoms with Crippen molar-refractivity contribution in [1.82, 2.24) is 0 Å². The van der Waals surface area contributed by atoms with Crippen LogP contribution < -0.4 is 10.5 Å². The Balaban J connectivity index is 1.98. The molecule has 4 heteroatoms. The smallest absolute Gasteiger partial charge is 0.137 e. The van der Waals surface area contributed by atoms with Gasteiger partial charge in [-0.3, -0.25) is 0 Å². The second-order valence-electron chi connectivity index (χ2n) is 3.64. The average molecular weight is 228 g/mol. The van der Waals surface area contributed by atoms with E-state index in [1.54, 1.807) is 12.1 Å². The molecule has 0 aliphatic carbocycles. The van der Waals surface area contributed by atoms with Crippen molar-refractivity contribution >= 4 is 11.6 Å².